The number of ether oxygens (including phenoxy) is 1. The van der Waals surface area contributed by atoms with E-state index in [4.69, 9.17) is 9.84 Å². The highest BCUT2D eigenvalue weighted by molar-refractivity contribution is 5.64. The maximum Gasteiger partial charge on any atom is 0.165 e. The predicted octanol–water partition coefficient (Wildman–Crippen LogP) is 3.38. The van der Waals surface area contributed by atoms with Crippen molar-refractivity contribution in [3.63, 3.8) is 0 Å². The molecule has 1 aromatic heterocycles. The van der Waals surface area contributed by atoms with Crippen LogP contribution in [0.3, 0.4) is 0 Å². The Morgan fingerprint density at radius 3 is 2.61 bits per heavy atom. The number of aromatic nitrogens is 1. The average molecular weight is 247 g/mol. The summed E-state index contributed by atoms with van der Waals surface area (Å²) in [6.07, 6.45) is 3.29. The Morgan fingerprint density at radius 1 is 1.17 bits per heavy atom. The van der Waals surface area contributed by atoms with Gasteiger partial charge in [0.15, 0.2) is 11.6 Å². The van der Waals surface area contributed by atoms with Crippen molar-refractivity contribution in [3.05, 3.63) is 42.5 Å². The molecule has 0 fully saturated rings. The summed E-state index contributed by atoms with van der Waals surface area (Å²) in [5.74, 6) is -0.375. The summed E-state index contributed by atoms with van der Waals surface area (Å²) < 4.78 is 18.8. The van der Waals surface area contributed by atoms with Crippen molar-refractivity contribution < 1.29 is 14.2 Å². The molecular formula is C14H14FNO2. The Bertz CT molecular complexity index is 555. The molecule has 0 unspecified atom stereocenters. The van der Waals surface area contributed by atoms with Gasteiger partial charge < -0.3 is 9.84 Å². The molecule has 0 saturated heterocycles. The molecule has 0 aliphatic carbocycles. The number of pyridine rings is 1. The lowest BCUT2D eigenvalue weighted by molar-refractivity contribution is 0.241. The Labute approximate surface area is 105 Å². The van der Waals surface area contributed by atoms with Gasteiger partial charge in [-0.05, 0) is 37.6 Å². The van der Waals surface area contributed by atoms with Gasteiger partial charge in [0.25, 0.3) is 0 Å². The van der Waals surface area contributed by atoms with Crippen molar-refractivity contribution in [2.24, 2.45) is 0 Å². The van der Waals surface area contributed by atoms with Crippen LogP contribution in [0.15, 0.2) is 36.7 Å². The Morgan fingerprint density at radius 2 is 1.94 bits per heavy atom. The molecule has 1 aromatic carbocycles. The lowest BCUT2D eigenvalue weighted by atomic mass is 10.1. The predicted molar refractivity (Wildman–Crippen MR) is 67.1 cm³/mol. The summed E-state index contributed by atoms with van der Waals surface area (Å²) in [6.45, 7) is 3.85. The molecule has 1 heterocycles. The van der Waals surface area contributed by atoms with E-state index in [2.05, 4.69) is 4.98 Å². The van der Waals surface area contributed by atoms with Gasteiger partial charge in [0, 0.05) is 11.8 Å². The zero-order valence-electron chi connectivity index (χ0n) is 10.2. The molecule has 0 bridgehead atoms. The van der Waals surface area contributed by atoms with E-state index in [1.165, 1.54) is 12.1 Å². The Balaban J connectivity index is 2.35. The van der Waals surface area contributed by atoms with Gasteiger partial charge >= 0.3 is 0 Å². The number of benzene rings is 1. The second-order valence-electron chi connectivity index (χ2n) is 4.24. The quantitative estimate of drug-likeness (QED) is 0.904. The second kappa shape index (κ2) is 5.04. The van der Waals surface area contributed by atoms with Crippen LogP contribution >= 0.6 is 0 Å². The summed E-state index contributed by atoms with van der Waals surface area (Å²) in [4.78, 5) is 4.06. The number of nitrogens with zero attached hydrogens (tertiary/aromatic N) is 1. The molecule has 18 heavy (non-hydrogen) atoms. The zero-order valence-corrected chi connectivity index (χ0v) is 10.2. The maximum absolute atomic E-state index is 13.3. The van der Waals surface area contributed by atoms with Crippen LogP contribution in [-0.4, -0.2) is 16.2 Å². The molecule has 0 spiro atoms. The van der Waals surface area contributed by atoms with Crippen LogP contribution in [0, 0.1) is 5.82 Å². The van der Waals surface area contributed by atoms with Crippen LogP contribution in [0.5, 0.6) is 11.5 Å². The minimum atomic E-state index is -0.650. The third kappa shape index (κ3) is 2.77. The van der Waals surface area contributed by atoms with E-state index in [0.29, 0.717) is 11.3 Å². The molecule has 0 amide bonds. The molecule has 1 N–H and O–H groups in total. The van der Waals surface area contributed by atoms with Gasteiger partial charge in [0.05, 0.1) is 12.3 Å². The number of halogens is 1. The van der Waals surface area contributed by atoms with Crippen LogP contribution in [0.4, 0.5) is 4.39 Å². The molecule has 0 atom stereocenters. The fourth-order valence-electron chi connectivity index (χ4n) is 1.60. The first kappa shape index (κ1) is 12.4. The number of aromatic hydroxyl groups is 1. The standard InChI is InChI=1S/C14H14FNO2/c1-9(2)18-12-5-11(7-16-8-12)10-3-4-14(17)13(15)6-10/h3-9,17H,1-2H3. The van der Waals surface area contributed by atoms with Crippen molar-refractivity contribution in [1.82, 2.24) is 4.98 Å². The highest BCUT2D eigenvalue weighted by Gasteiger charge is 2.06. The van der Waals surface area contributed by atoms with Crippen molar-refractivity contribution in [1.29, 1.82) is 0 Å². The van der Waals surface area contributed by atoms with E-state index in [0.717, 1.165) is 5.56 Å². The molecule has 0 radical (unpaired) electrons. The largest absolute Gasteiger partial charge is 0.505 e. The van der Waals surface area contributed by atoms with E-state index in [9.17, 15) is 4.39 Å². The minimum absolute atomic E-state index is 0.0543. The van der Waals surface area contributed by atoms with Gasteiger partial charge in [-0.1, -0.05) is 6.07 Å². The fourth-order valence-corrected chi connectivity index (χ4v) is 1.60. The van der Waals surface area contributed by atoms with Crippen LogP contribution in [-0.2, 0) is 0 Å². The number of hydrogen-bond acceptors (Lipinski definition) is 3. The summed E-state index contributed by atoms with van der Waals surface area (Å²) in [7, 11) is 0. The molecule has 2 rings (SSSR count). The molecule has 0 saturated carbocycles. The van der Waals surface area contributed by atoms with Gasteiger partial charge in [-0.25, -0.2) is 4.39 Å². The van der Waals surface area contributed by atoms with Gasteiger partial charge in [-0.2, -0.15) is 0 Å². The topological polar surface area (TPSA) is 42.4 Å². The Hall–Kier alpha value is -2.10. The molecule has 3 nitrogen and oxygen atoms in total. The maximum atomic E-state index is 13.3. The zero-order chi connectivity index (χ0) is 13.1. The molecule has 0 aliphatic rings. The fraction of sp³-hybridized carbons (Fsp3) is 0.214. The SMILES string of the molecule is CC(C)Oc1cncc(-c2ccc(O)c(F)c2)c1. The highest BCUT2D eigenvalue weighted by atomic mass is 19.1. The van der Waals surface area contributed by atoms with Crippen LogP contribution in [0.25, 0.3) is 11.1 Å². The third-order valence-corrected chi connectivity index (χ3v) is 2.37. The van der Waals surface area contributed by atoms with Crippen LogP contribution < -0.4 is 4.74 Å². The number of phenols is 1. The molecule has 0 aliphatic heterocycles. The van der Waals surface area contributed by atoms with Gasteiger partial charge in [0.2, 0.25) is 0 Å². The van der Waals surface area contributed by atoms with Crippen molar-refractivity contribution in [3.8, 4) is 22.6 Å². The minimum Gasteiger partial charge on any atom is -0.505 e. The van der Waals surface area contributed by atoms with E-state index in [1.807, 2.05) is 13.8 Å². The number of rotatable bonds is 3. The monoisotopic (exact) mass is 247 g/mol. The highest BCUT2D eigenvalue weighted by Crippen LogP contribution is 2.26. The first-order valence-corrected chi connectivity index (χ1v) is 5.67. The summed E-state index contributed by atoms with van der Waals surface area (Å²) >= 11 is 0. The molecular weight excluding hydrogens is 233 g/mol. The third-order valence-electron chi connectivity index (χ3n) is 2.37. The lowest BCUT2D eigenvalue weighted by Gasteiger charge is -2.10. The molecule has 94 valence electrons. The lowest BCUT2D eigenvalue weighted by Crippen LogP contribution is -2.05. The average Bonchev–Trinajstić information content (AvgIpc) is 2.32. The van der Waals surface area contributed by atoms with Gasteiger partial charge in [-0.3, -0.25) is 4.98 Å². The first-order valence-electron chi connectivity index (χ1n) is 5.67. The second-order valence-corrected chi connectivity index (χ2v) is 4.24. The number of hydrogen-bond donors (Lipinski definition) is 1. The molecule has 4 heteroatoms. The van der Waals surface area contributed by atoms with Crippen molar-refractivity contribution >= 4 is 0 Å². The normalized spacial score (nSPS) is 10.7. The Kier molecular flexibility index (Phi) is 3.46. The summed E-state index contributed by atoms with van der Waals surface area (Å²) in [6, 6.07) is 6.01. The van der Waals surface area contributed by atoms with E-state index < -0.39 is 5.82 Å². The number of phenolic OH excluding ortho intramolecular Hbond substituents is 1. The van der Waals surface area contributed by atoms with Gasteiger partial charge in [-0.15, -0.1) is 0 Å². The van der Waals surface area contributed by atoms with E-state index >= 15 is 0 Å². The first-order chi connectivity index (χ1) is 8.56. The smallest absolute Gasteiger partial charge is 0.165 e. The summed E-state index contributed by atoms with van der Waals surface area (Å²) in [5.41, 5.74) is 1.39. The summed E-state index contributed by atoms with van der Waals surface area (Å²) in [5, 5.41) is 9.15. The van der Waals surface area contributed by atoms with Gasteiger partial charge in [0.1, 0.15) is 5.75 Å². The van der Waals surface area contributed by atoms with Crippen molar-refractivity contribution in [2.45, 2.75) is 20.0 Å². The van der Waals surface area contributed by atoms with E-state index in [-0.39, 0.29) is 11.9 Å². The van der Waals surface area contributed by atoms with Crippen LogP contribution in [0.2, 0.25) is 0 Å². The van der Waals surface area contributed by atoms with E-state index in [1.54, 1.807) is 24.5 Å². The molecule has 2 aromatic rings. The van der Waals surface area contributed by atoms with Crippen LogP contribution in [0.1, 0.15) is 13.8 Å². The van der Waals surface area contributed by atoms with Crippen molar-refractivity contribution in [2.75, 3.05) is 0 Å².